The molecular formula is C18H13FN6O. The van der Waals surface area contributed by atoms with Crippen molar-refractivity contribution in [2.24, 2.45) is 0 Å². The van der Waals surface area contributed by atoms with Gasteiger partial charge in [0.25, 0.3) is 5.91 Å². The third-order valence-electron chi connectivity index (χ3n) is 3.71. The standard InChI is InChI=1S/C18H13FN6O/c19-13-6-3-7-14-16(13)24-17(23-14)18(26)20-9-2-1-5-12-11-21-15-8-4-10-22-25(12)15/h3-4,6-8,10-11H,2,9H2,(H,20,26)(H,23,24). The van der Waals surface area contributed by atoms with Gasteiger partial charge in [-0.3, -0.25) is 4.79 Å². The fraction of sp³-hybridized carbons (Fsp3) is 0.111. The molecule has 0 aliphatic heterocycles. The number of amides is 1. The summed E-state index contributed by atoms with van der Waals surface area (Å²) >= 11 is 0. The van der Waals surface area contributed by atoms with Crippen LogP contribution in [-0.4, -0.2) is 37.0 Å². The van der Waals surface area contributed by atoms with E-state index in [0.717, 1.165) is 5.65 Å². The van der Waals surface area contributed by atoms with Gasteiger partial charge in [0.15, 0.2) is 17.3 Å². The van der Waals surface area contributed by atoms with Crippen LogP contribution in [0.25, 0.3) is 16.7 Å². The molecule has 3 aromatic heterocycles. The number of fused-ring (bicyclic) bond motifs is 2. The summed E-state index contributed by atoms with van der Waals surface area (Å²) in [6.45, 7) is 0.343. The summed E-state index contributed by atoms with van der Waals surface area (Å²) in [5.41, 5.74) is 2.04. The number of carbonyl (C=O) groups excluding carboxylic acids is 1. The predicted octanol–water partition coefficient (Wildman–Crippen LogP) is 1.92. The molecule has 1 amide bonds. The van der Waals surface area contributed by atoms with Gasteiger partial charge in [-0.1, -0.05) is 12.0 Å². The topological polar surface area (TPSA) is 88.0 Å². The minimum atomic E-state index is -0.467. The second-order valence-corrected chi connectivity index (χ2v) is 5.47. The molecule has 0 unspecified atom stereocenters. The maximum absolute atomic E-state index is 13.6. The number of aromatic amines is 1. The van der Waals surface area contributed by atoms with E-state index in [0.29, 0.717) is 24.2 Å². The lowest BCUT2D eigenvalue weighted by atomic mass is 10.3. The number of imidazole rings is 2. The van der Waals surface area contributed by atoms with E-state index >= 15 is 0 Å². The highest BCUT2D eigenvalue weighted by molar-refractivity contribution is 5.94. The van der Waals surface area contributed by atoms with Crippen molar-refractivity contribution in [3.63, 3.8) is 0 Å². The van der Waals surface area contributed by atoms with Gasteiger partial charge in [-0.15, -0.1) is 0 Å². The van der Waals surface area contributed by atoms with Crippen LogP contribution < -0.4 is 5.32 Å². The van der Waals surface area contributed by atoms with E-state index in [1.54, 1.807) is 35.1 Å². The fourth-order valence-corrected chi connectivity index (χ4v) is 2.49. The molecule has 0 saturated heterocycles. The van der Waals surface area contributed by atoms with Crippen LogP contribution in [0, 0.1) is 17.7 Å². The second kappa shape index (κ2) is 6.64. The maximum atomic E-state index is 13.6. The molecule has 0 saturated carbocycles. The first kappa shape index (κ1) is 15.8. The Morgan fingerprint density at radius 1 is 1.31 bits per heavy atom. The Hall–Kier alpha value is -3.73. The fourth-order valence-electron chi connectivity index (χ4n) is 2.49. The van der Waals surface area contributed by atoms with Gasteiger partial charge in [-0.25, -0.2) is 18.9 Å². The molecule has 0 atom stereocenters. The van der Waals surface area contributed by atoms with Gasteiger partial charge < -0.3 is 10.3 Å². The van der Waals surface area contributed by atoms with Crippen molar-refractivity contribution in [3.8, 4) is 11.8 Å². The van der Waals surface area contributed by atoms with Gasteiger partial charge in [0, 0.05) is 19.2 Å². The molecule has 4 aromatic rings. The number of hydrogen-bond donors (Lipinski definition) is 2. The molecule has 0 radical (unpaired) electrons. The van der Waals surface area contributed by atoms with E-state index in [-0.39, 0.29) is 11.3 Å². The lowest BCUT2D eigenvalue weighted by Gasteiger charge is -1.98. The SMILES string of the molecule is O=C(NCCC#Cc1cnc2cccnn12)c1nc2c(F)cccc2[nH]1. The molecule has 3 heterocycles. The smallest absolute Gasteiger partial charge is 0.287 e. The maximum Gasteiger partial charge on any atom is 0.287 e. The molecule has 0 aliphatic carbocycles. The van der Waals surface area contributed by atoms with Gasteiger partial charge in [0.2, 0.25) is 0 Å². The van der Waals surface area contributed by atoms with Crippen LogP contribution in [0.1, 0.15) is 22.7 Å². The minimum Gasteiger partial charge on any atom is -0.348 e. The highest BCUT2D eigenvalue weighted by Gasteiger charge is 2.12. The van der Waals surface area contributed by atoms with Gasteiger partial charge in [0.05, 0.1) is 11.7 Å². The summed E-state index contributed by atoms with van der Waals surface area (Å²) < 4.78 is 15.3. The molecule has 0 spiro atoms. The Labute approximate surface area is 147 Å². The third-order valence-corrected chi connectivity index (χ3v) is 3.71. The molecule has 1 aromatic carbocycles. The molecule has 4 rings (SSSR count). The van der Waals surface area contributed by atoms with Crippen LogP contribution in [0.15, 0.2) is 42.7 Å². The highest BCUT2D eigenvalue weighted by atomic mass is 19.1. The third kappa shape index (κ3) is 2.98. The Balaban J connectivity index is 1.37. The zero-order chi connectivity index (χ0) is 17.9. The minimum absolute atomic E-state index is 0.0732. The van der Waals surface area contributed by atoms with Crippen molar-refractivity contribution in [2.45, 2.75) is 6.42 Å². The van der Waals surface area contributed by atoms with Gasteiger partial charge >= 0.3 is 0 Å². The summed E-state index contributed by atoms with van der Waals surface area (Å²) in [6, 6.07) is 8.17. The number of para-hydroxylation sites is 1. The first-order chi connectivity index (χ1) is 12.7. The van der Waals surface area contributed by atoms with Gasteiger partial charge in [-0.05, 0) is 30.2 Å². The molecule has 26 heavy (non-hydrogen) atoms. The van der Waals surface area contributed by atoms with E-state index in [1.807, 2.05) is 6.07 Å². The van der Waals surface area contributed by atoms with Crippen molar-refractivity contribution >= 4 is 22.6 Å². The Morgan fingerprint density at radius 2 is 2.23 bits per heavy atom. The molecule has 8 heteroatoms. The Kier molecular flexibility index (Phi) is 4.03. The lowest BCUT2D eigenvalue weighted by Crippen LogP contribution is -2.25. The number of carbonyl (C=O) groups is 1. The summed E-state index contributed by atoms with van der Waals surface area (Å²) in [6.07, 6.45) is 3.76. The van der Waals surface area contributed by atoms with E-state index in [2.05, 4.69) is 37.2 Å². The van der Waals surface area contributed by atoms with Crippen LogP contribution in [0.3, 0.4) is 0 Å². The zero-order valence-corrected chi connectivity index (χ0v) is 13.5. The Bertz CT molecular complexity index is 1170. The van der Waals surface area contributed by atoms with Crippen LogP contribution >= 0.6 is 0 Å². The molecule has 2 N–H and O–H groups in total. The average molecular weight is 348 g/mol. The van der Waals surface area contributed by atoms with E-state index in [1.165, 1.54) is 6.07 Å². The van der Waals surface area contributed by atoms with Crippen molar-refractivity contribution in [2.75, 3.05) is 6.54 Å². The van der Waals surface area contributed by atoms with Crippen LogP contribution in [-0.2, 0) is 0 Å². The first-order valence-electron chi connectivity index (χ1n) is 7.92. The number of halogens is 1. The molecule has 0 bridgehead atoms. The quantitative estimate of drug-likeness (QED) is 0.437. The van der Waals surface area contributed by atoms with E-state index in [4.69, 9.17) is 0 Å². The van der Waals surface area contributed by atoms with Gasteiger partial charge in [-0.2, -0.15) is 5.10 Å². The number of nitrogens with one attached hydrogen (secondary N) is 2. The van der Waals surface area contributed by atoms with Crippen molar-refractivity contribution in [3.05, 3.63) is 60.1 Å². The van der Waals surface area contributed by atoms with Crippen LogP contribution in [0.2, 0.25) is 0 Å². The zero-order valence-electron chi connectivity index (χ0n) is 13.5. The predicted molar refractivity (Wildman–Crippen MR) is 92.9 cm³/mol. The monoisotopic (exact) mass is 348 g/mol. The van der Waals surface area contributed by atoms with Gasteiger partial charge in [0.1, 0.15) is 11.2 Å². The number of rotatable bonds is 3. The van der Waals surface area contributed by atoms with Crippen molar-refractivity contribution in [1.29, 1.82) is 0 Å². The number of nitrogens with zero attached hydrogens (tertiary/aromatic N) is 4. The molecule has 128 valence electrons. The largest absolute Gasteiger partial charge is 0.348 e. The Morgan fingerprint density at radius 3 is 3.12 bits per heavy atom. The van der Waals surface area contributed by atoms with Crippen LogP contribution in [0.5, 0.6) is 0 Å². The second-order valence-electron chi connectivity index (χ2n) is 5.47. The van der Waals surface area contributed by atoms with Crippen molar-refractivity contribution in [1.82, 2.24) is 29.9 Å². The molecule has 7 nitrogen and oxygen atoms in total. The summed E-state index contributed by atoms with van der Waals surface area (Å²) in [5.74, 6) is 5.14. The van der Waals surface area contributed by atoms with Crippen molar-refractivity contribution < 1.29 is 9.18 Å². The van der Waals surface area contributed by atoms with E-state index < -0.39 is 11.7 Å². The lowest BCUT2D eigenvalue weighted by molar-refractivity contribution is 0.0945. The number of H-pyrrole nitrogens is 1. The summed E-state index contributed by atoms with van der Waals surface area (Å²) in [4.78, 5) is 23.1. The molecule has 0 fully saturated rings. The number of aromatic nitrogens is 5. The number of hydrogen-bond acceptors (Lipinski definition) is 4. The highest BCUT2D eigenvalue weighted by Crippen LogP contribution is 2.14. The summed E-state index contributed by atoms with van der Waals surface area (Å²) in [5, 5.41) is 6.88. The number of benzene rings is 1. The van der Waals surface area contributed by atoms with E-state index in [9.17, 15) is 9.18 Å². The first-order valence-corrected chi connectivity index (χ1v) is 7.92. The normalized spacial score (nSPS) is 10.7. The average Bonchev–Trinajstić information content (AvgIpc) is 3.27. The molecular weight excluding hydrogens is 335 g/mol. The molecule has 0 aliphatic rings. The van der Waals surface area contributed by atoms with Crippen LogP contribution in [0.4, 0.5) is 4.39 Å². The summed E-state index contributed by atoms with van der Waals surface area (Å²) in [7, 11) is 0.